The lowest BCUT2D eigenvalue weighted by atomic mass is 9.82. The number of halogens is 2. The van der Waals surface area contributed by atoms with Crippen molar-refractivity contribution in [1.29, 1.82) is 0 Å². The molecule has 3 heteroatoms. The van der Waals surface area contributed by atoms with E-state index in [4.69, 9.17) is 16.3 Å². The first-order valence-corrected chi connectivity index (χ1v) is 12.0. The van der Waals surface area contributed by atoms with E-state index in [-0.39, 0.29) is 10.8 Å². The van der Waals surface area contributed by atoms with E-state index in [9.17, 15) is 4.39 Å². The molecule has 2 aromatic rings. The maximum Gasteiger partial charge on any atom is 0.184 e. The van der Waals surface area contributed by atoms with Gasteiger partial charge in [-0.2, -0.15) is 0 Å². The van der Waals surface area contributed by atoms with E-state index in [0.29, 0.717) is 12.5 Å². The third-order valence-corrected chi connectivity index (χ3v) is 6.52. The van der Waals surface area contributed by atoms with Crippen LogP contribution < -0.4 is 4.74 Å². The normalized spacial score (nSPS) is 16.1. The molecule has 166 valence electrons. The minimum absolute atomic E-state index is 0.183. The monoisotopic (exact) mass is 440 g/mol. The molecule has 0 aromatic heterocycles. The maximum absolute atomic E-state index is 14.8. The number of allylic oxidation sites excluding steroid dienone is 3. The Morgan fingerprint density at radius 3 is 2.61 bits per heavy atom. The summed E-state index contributed by atoms with van der Waals surface area (Å²) >= 11 is 6.40. The van der Waals surface area contributed by atoms with Gasteiger partial charge in [0, 0.05) is 0 Å². The molecular weight excluding hydrogens is 407 g/mol. The summed E-state index contributed by atoms with van der Waals surface area (Å²) in [5, 5.41) is 0.183. The molecule has 1 aliphatic rings. The first-order chi connectivity index (χ1) is 15.1. The van der Waals surface area contributed by atoms with Gasteiger partial charge in [-0.05, 0) is 78.8 Å². The summed E-state index contributed by atoms with van der Waals surface area (Å²) < 4.78 is 20.4. The first kappa shape index (κ1) is 23.6. The van der Waals surface area contributed by atoms with E-state index in [1.807, 2.05) is 12.1 Å². The average molecular weight is 441 g/mol. The fourth-order valence-corrected chi connectivity index (χ4v) is 4.49. The van der Waals surface area contributed by atoms with Gasteiger partial charge in [0.25, 0.3) is 0 Å². The third kappa shape index (κ3) is 6.46. The number of benzene rings is 2. The minimum atomic E-state index is -0.437. The molecule has 1 aliphatic carbocycles. The quantitative estimate of drug-likeness (QED) is 0.250. The van der Waals surface area contributed by atoms with Gasteiger partial charge in [-0.3, -0.25) is 0 Å². The fraction of sp³-hybridized carbons (Fsp3) is 0.429. The van der Waals surface area contributed by atoms with Crippen LogP contribution in [0, 0.1) is 5.82 Å². The number of aryl methyl sites for hydroxylation is 1. The zero-order valence-electron chi connectivity index (χ0n) is 18.6. The molecular formula is C28H34ClFO. The van der Waals surface area contributed by atoms with Crippen LogP contribution in [0.25, 0.3) is 5.57 Å². The molecule has 0 aliphatic heterocycles. The van der Waals surface area contributed by atoms with Gasteiger partial charge in [0.1, 0.15) is 0 Å². The lowest BCUT2D eigenvalue weighted by Gasteiger charge is -2.23. The smallest absolute Gasteiger partial charge is 0.184 e. The third-order valence-electron chi connectivity index (χ3n) is 6.15. The van der Waals surface area contributed by atoms with E-state index in [1.165, 1.54) is 24.0 Å². The van der Waals surface area contributed by atoms with Crippen LogP contribution in [0.4, 0.5) is 4.39 Å². The van der Waals surface area contributed by atoms with Crippen molar-refractivity contribution in [1.82, 2.24) is 0 Å². The Hall–Kier alpha value is -2.06. The van der Waals surface area contributed by atoms with Crippen molar-refractivity contribution < 1.29 is 9.13 Å². The summed E-state index contributed by atoms with van der Waals surface area (Å²) in [6, 6.07) is 12.6. The van der Waals surface area contributed by atoms with Crippen molar-refractivity contribution in [3.63, 3.8) is 0 Å². The van der Waals surface area contributed by atoms with Crippen LogP contribution in [0.2, 0.25) is 5.02 Å². The molecule has 1 nitrogen and oxygen atoms in total. The van der Waals surface area contributed by atoms with Crippen LogP contribution in [-0.4, -0.2) is 6.61 Å². The summed E-state index contributed by atoms with van der Waals surface area (Å²) in [7, 11) is 0. The van der Waals surface area contributed by atoms with Gasteiger partial charge in [0.15, 0.2) is 11.6 Å². The van der Waals surface area contributed by atoms with Crippen LogP contribution in [0.1, 0.15) is 80.9 Å². The van der Waals surface area contributed by atoms with Crippen LogP contribution in [0.3, 0.4) is 0 Å². The number of hydrogen-bond donors (Lipinski definition) is 0. The standard InChI is InChI=1S/C28H34ClFO/c1-3-5-7-8-20-31-26-19-18-25(27(29)28(26)30)24-16-14-23(15-17-24)22-12-10-21(11-13-22)9-6-4-2/h4,10-13,16,18-19,23H,2-3,5-9,14-15,17,20H2,1H3. The molecule has 0 N–H and O–H groups in total. The van der Waals surface area contributed by atoms with Gasteiger partial charge in [0.2, 0.25) is 0 Å². The number of hydrogen-bond acceptors (Lipinski definition) is 1. The molecule has 0 saturated heterocycles. The lowest BCUT2D eigenvalue weighted by Crippen LogP contribution is -2.05. The second kappa shape index (κ2) is 12.1. The van der Waals surface area contributed by atoms with Gasteiger partial charge in [0.05, 0.1) is 11.6 Å². The van der Waals surface area contributed by atoms with E-state index >= 15 is 0 Å². The van der Waals surface area contributed by atoms with Crippen LogP contribution >= 0.6 is 11.6 Å². The molecule has 3 rings (SSSR count). The largest absolute Gasteiger partial charge is 0.490 e. The van der Waals surface area contributed by atoms with Crippen molar-refractivity contribution in [2.45, 2.75) is 70.6 Å². The molecule has 0 amide bonds. The van der Waals surface area contributed by atoms with Gasteiger partial charge >= 0.3 is 0 Å². The summed E-state index contributed by atoms with van der Waals surface area (Å²) in [6.07, 6.45) is 13.5. The predicted molar refractivity (Wildman–Crippen MR) is 131 cm³/mol. The van der Waals surface area contributed by atoms with E-state index in [1.54, 1.807) is 6.07 Å². The second-order valence-corrected chi connectivity index (χ2v) is 8.80. The molecule has 0 fully saturated rings. The number of unbranched alkanes of at least 4 members (excludes halogenated alkanes) is 3. The number of rotatable bonds is 11. The highest BCUT2D eigenvalue weighted by molar-refractivity contribution is 6.32. The Balaban J connectivity index is 1.61. The molecule has 1 unspecified atom stereocenters. The molecule has 1 atom stereocenters. The van der Waals surface area contributed by atoms with E-state index in [2.05, 4.69) is 43.8 Å². The summed E-state index contributed by atoms with van der Waals surface area (Å²) in [6.45, 7) is 6.49. The van der Waals surface area contributed by atoms with Crippen molar-refractivity contribution in [3.8, 4) is 5.75 Å². The van der Waals surface area contributed by atoms with Gasteiger partial charge < -0.3 is 4.74 Å². The highest BCUT2D eigenvalue weighted by Crippen LogP contribution is 2.40. The Labute approximate surface area is 192 Å². The van der Waals surface area contributed by atoms with Gasteiger partial charge in [-0.25, -0.2) is 4.39 Å². The molecule has 0 heterocycles. The van der Waals surface area contributed by atoms with Crippen molar-refractivity contribution in [3.05, 3.63) is 82.7 Å². The minimum Gasteiger partial charge on any atom is -0.490 e. The Morgan fingerprint density at radius 2 is 1.94 bits per heavy atom. The zero-order chi connectivity index (χ0) is 22.1. The first-order valence-electron chi connectivity index (χ1n) is 11.6. The highest BCUT2D eigenvalue weighted by atomic mass is 35.5. The van der Waals surface area contributed by atoms with Crippen LogP contribution in [0.5, 0.6) is 5.75 Å². The Bertz CT molecular complexity index is 885. The maximum atomic E-state index is 14.8. The van der Waals surface area contributed by atoms with Crippen LogP contribution in [0.15, 0.2) is 55.1 Å². The lowest BCUT2D eigenvalue weighted by molar-refractivity contribution is 0.290. The molecule has 0 spiro atoms. The Morgan fingerprint density at radius 1 is 1.13 bits per heavy atom. The van der Waals surface area contributed by atoms with Gasteiger partial charge in [-0.15, -0.1) is 6.58 Å². The van der Waals surface area contributed by atoms with Crippen molar-refractivity contribution in [2.24, 2.45) is 0 Å². The average Bonchev–Trinajstić information content (AvgIpc) is 2.81. The molecule has 0 saturated carbocycles. The fourth-order valence-electron chi connectivity index (χ4n) is 4.21. The van der Waals surface area contributed by atoms with E-state index < -0.39 is 5.82 Å². The molecule has 0 bridgehead atoms. The van der Waals surface area contributed by atoms with Crippen LogP contribution in [-0.2, 0) is 6.42 Å². The van der Waals surface area contributed by atoms with E-state index in [0.717, 1.165) is 56.1 Å². The van der Waals surface area contributed by atoms with Gasteiger partial charge in [-0.1, -0.05) is 74.2 Å². The topological polar surface area (TPSA) is 9.23 Å². The summed E-state index contributed by atoms with van der Waals surface area (Å²) in [5.41, 5.74) is 4.67. The van der Waals surface area contributed by atoms with Crippen molar-refractivity contribution in [2.75, 3.05) is 6.61 Å². The van der Waals surface area contributed by atoms with Crippen molar-refractivity contribution >= 4 is 17.2 Å². The number of ether oxygens (including phenoxy) is 1. The second-order valence-electron chi connectivity index (χ2n) is 8.42. The molecule has 0 radical (unpaired) electrons. The SMILES string of the molecule is C=CCCc1ccc(C2CC=C(c3ccc(OCCCCCC)c(F)c3Cl)CC2)cc1. The molecule has 31 heavy (non-hydrogen) atoms. The predicted octanol–water partition coefficient (Wildman–Crippen LogP) is 8.91. The molecule has 2 aromatic carbocycles. The summed E-state index contributed by atoms with van der Waals surface area (Å²) in [5.74, 6) is 0.329. The summed E-state index contributed by atoms with van der Waals surface area (Å²) in [4.78, 5) is 0. The Kier molecular flexibility index (Phi) is 9.21. The highest BCUT2D eigenvalue weighted by Gasteiger charge is 2.21. The zero-order valence-corrected chi connectivity index (χ0v) is 19.4.